The molecule has 64 valence electrons. The number of unbranched alkanes of at least 4 members (excludes halogenated alkanes) is 1. The van der Waals surface area contributed by atoms with Crippen LogP contribution in [0.25, 0.3) is 0 Å². The second kappa shape index (κ2) is 5.04. The number of hydrogen-bond donors (Lipinski definition) is 0. The minimum absolute atomic E-state index is 1.25. The second-order valence-electron chi connectivity index (χ2n) is 3.07. The molecule has 0 aliphatic carbocycles. The first kappa shape index (κ1) is 9.40. The van der Waals surface area contributed by atoms with Gasteiger partial charge >= 0.3 is 0 Å². The molecule has 1 aromatic rings. The Balaban J connectivity index is 2.54. The van der Waals surface area contributed by atoms with Crippen molar-refractivity contribution < 1.29 is 0 Å². The van der Waals surface area contributed by atoms with E-state index < -0.39 is 0 Å². The van der Waals surface area contributed by atoms with Crippen molar-refractivity contribution in [2.75, 3.05) is 0 Å². The molecule has 0 atom stereocenters. The van der Waals surface area contributed by atoms with E-state index in [1.54, 1.807) is 0 Å². The third kappa shape index (κ3) is 2.74. The number of rotatable bonds is 4. The van der Waals surface area contributed by atoms with Gasteiger partial charge in [-0.2, -0.15) is 0 Å². The summed E-state index contributed by atoms with van der Waals surface area (Å²) in [5.74, 6) is 0. The molecule has 0 saturated heterocycles. The monoisotopic (exact) mass is 176 g/mol. The maximum Gasteiger partial charge on any atom is -0.0185 e. The van der Waals surface area contributed by atoms with Gasteiger partial charge < -0.3 is 0 Å². The van der Waals surface area contributed by atoms with Gasteiger partial charge in [-0.1, -0.05) is 48.8 Å². The summed E-state index contributed by atoms with van der Waals surface area (Å²) >= 11 is 0. The Morgan fingerprint density at radius 3 is 2.50 bits per heavy atom. The van der Waals surface area contributed by atoms with Gasteiger partial charge in [-0.05, 0) is 28.3 Å². The minimum Gasteiger partial charge on any atom is -0.0677 e. The molecule has 1 heteroatoms. The van der Waals surface area contributed by atoms with E-state index in [1.165, 1.54) is 30.0 Å². The molecule has 0 aliphatic heterocycles. The highest BCUT2D eigenvalue weighted by molar-refractivity contribution is 6.43. The summed E-state index contributed by atoms with van der Waals surface area (Å²) in [5, 5.41) is 1.54. The molecular weight excluding hydrogens is 160 g/mol. The van der Waals surface area contributed by atoms with Gasteiger partial charge in [0.15, 0.2) is 0 Å². The minimum atomic E-state index is 1.25. The van der Waals surface area contributed by atoms with Crippen LogP contribution in [0, 0.1) is 0 Å². The number of hydrogen-bond acceptors (Lipinski definition) is 0. The zero-order chi connectivity index (χ0) is 8.81. The fraction of sp³-hybridized carbons (Fsp3) is 0.364. The van der Waals surface area contributed by atoms with Gasteiger partial charge in [-0.15, -0.1) is 0 Å². The van der Waals surface area contributed by atoms with Crippen molar-refractivity contribution in [3.8, 4) is 0 Å². The van der Waals surface area contributed by atoms with Gasteiger partial charge in [0.05, 0.1) is 0 Å². The average Bonchev–Trinajstić information content (AvgIpc) is 2.15. The van der Waals surface area contributed by atoms with Crippen LogP contribution in [0.2, 0.25) is 0 Å². The van der Waals surface area contributed by atoms with Gasteiger partial charge in [-0.3, -0.25) is 0 Å². The third-order valence-corrected chi connectivity index (χ3v) is 2.78. The zero-order valence-electron chi connectivity index (χ0n) is 7.72. The Bertz CT molecular complexity index is 238. The van der Waals surface area contributed by atoms with Crippen LogP contribution in [0.1, 0.15) is 31.7 Å². The van der Waals surface area contributed by atoms with E-state index in [2.05, 4.69) is 37.3 Å². The van der Waals surface area contributed by atoms with Gasteiger partial charge in [0.1, 0.15) is 0 Å². The van der Waals surface area contributed by atoms with E-state index >= 15 is 0 Å². The van der Waals surface area contributed by atoms with E-state index in [0.717, 1.165) is 0 Å². The standard InChI is InChI=1S/C11H16Si/c1-2-3-9-11(12)10-7-5-4-6-8-10/h4-8H,2-3,9,12H2,1H3. The first-order valence-corrected chi connectivity index (χ1v) is 5.28. The van der Waals surface area contributed by atoms with Crippen LogP contribution in [0.3, 0.4) is 0 Å². The van der Waals surface area contributed by atoms with Gasteiger partial charge in [0, 0.05) is 0 Å². The Kier molecular flexibility index (Phi) is 3.95. The molecule has 0 amide bonds. The Morgan fingerprint density at radius 1 is 1.25 bits per heavy atom. The van der Waals surface area contributed by atoms with Crippen molar-refractivity contribution in [3.63, 3.8) is 0 Å². The molecule has 1 rings (SSSR count). The van der Waals surface area contributed by atoms with Crippen molar-refractivity contribution in [2.45, 2.75) is 26.2 Å². The molecule has 0 nitrogen and oxygen atoms in total. The second-order valence-corrected chi connectivity index (χ2v) is 3.93. The van der Waals surface area contributed by atoms with E-state index in [-0.39, 0.29) is 0 Å². The normalized spacial score (nSPS) is 9.75. The first-order valence-electron chi connectivity index (χ1n) is 4.57. The predicted octanol–water partition coefficient (Wildman–Crippen LogP) is 2.03. The summed E-state index contributed by atoms with van der Waals surface area (Å²) in [6.45, 7) is 2.24. The highest BCUT2D eigenvalue weighted by atomic mass is 28.1. The molecule has 0 N–H and O–H groups in total. The molecule has 0 bridgehead atoms. The lowest BCUT2D eigenvalue weighted by Gasteiger charge is -2.03. The smallest absolute Gasteiger partial charge is 0.0185 e. The zero-order valence-corrected chi connectivity index (χ0v) is 9.13. The van der Waals surface area contributed by atoms with Crippen LogP contribution < -0.4 is 0 Å². The molecule has 1 aromatic carbocycles. The highest BCUT2D eigenvalue weighted by Gasteiger charge is 1.95. The largest absolute Gasteiger partial charge is 0.0677 e. The lowest BCUT2D eigenvalue weighted by molar-refractivity contribution is 0.840. The molecule has 0 radical (unpaired) electrons. The van der Waals surface area contributed by atoms with Crippen LogP contribution in [0.5, 0.6) is 0 Å². The molecule has 0 aromatic heterocycles. The summed E-state index contributed by atoms with van der Waals surface area (Å²) < 4.78 is 0. The molecule has 0 spiro atoms. The number of benzene rings is 1. The van der Waals surface area contributed by atoms with E-state index in [1.807, 2.05) is 9.85 Å². The van der Waals surface area contributed by atoms with Crippen molar-refractivity contribution in [3.05, 3.63) is 35.9 Å². The van der Waals surface area contributed by atoms with Gasteiger partial charge in [0.2, 0.25) is 0 Å². The Labute approximate surface area is 77.7 Å². The van der Waals surface area contributed by atoms with Crippen LogP contribution in [0.15, 0.2) is 30.3 Å². The fourth-order valence-electron chi connectivity index (χ4n) is 1.21. The topological polar surface area (TPSA) is 0 Å². The molecule has 0 unspecified atom stereocenters. The molecule has 0 fully saturated rings. The van der Waals surface area contributed by atoms with Crippen molar-refractivity contribution in [2.24, 2.45) is 0 Å². The molecular formula is C11H16Si. The summed E-state index contributed by atoms with van der Waals surface area (Å²) in [6, 6.07) is 10.7. The lowest BCUT2D eigenvalue weighted by atomic mass is 10.1. The molecule has 0 heterocycles. The van der Waals surface area contributed by atoms with Crippen LogP contribution in [0.4, 0.5) is 0 Å². The van der Waals surface area contributed by atoms with Gasteiger partial charge in [0.25, 0.3) is 0 Å². The Morgan fingerprint density at radius 2 is 1.92 bits per heavy atom. The summed E-state index contributed by atoms with van der Waals surface area (Å²) in [5.41, 5.74) is 1.41. The Hall–Kier alpha value is -0.693. The first-order chi connectivity index (χ1) is 5.84. The molecule has 0 saturated carbocycles. The average molecular weight is 176 g/mol. The van der Waals surface area contributed by atoms with E-state index in [9.17, 15) is 0 Å². The third-order valence-electron chi connectivity index (χ3n) is 2.01. The molecule has 12 heavy (non-hydrogen) atoms. The molecule has 0 aliphatic rings. The SMILES string of the molecule is CCCCC(=[SiH2])c1ccccc1. The van der Waals surface area contributed by atoms with Crippen LogP contribution >= 0.6 is 0 Å². The van der Waals surface area contributed by atoms with Crippen molar-refractivity contribution >= 4 is 15.0 Å². The maximum absolute atomic E-state index is 2.24. The van der Waals surface area contributed by atoms with E-state index in [0.29, 0.717) is 0 Å². The van der Waals surface area contributed by atoms with Crippen molar-refractivity contribution in [1.29, 1.82) is 0 Å². The summed E-state index contributed by atoms with van der Waals surface area (Å²) in [6.07, 6.45) is 3.85. The van der Waals surface area contributed by atoms with E-state index in [4.69, 9.17) is 0 Å². The quantitative estimate of drug-likeness (QED) is 0.616. The van der Waals surface area contributed by atoms with Gasteiger partial charge in [-0.25, -0.2) is 0 Å². The summed E-state index contributed by atoms with van der Waals surface area (Å²) in [4.78, 5) is 0. The van der Waals surface area contributed by atoms with Crippen LogP contribution in [-0.2, 0) is 0 Å². The highest BCUT2D eigenvalue weighted by Crippen LogP contribution is 2.04. The maximum atomic E-state index is 2.24. The lowest BCUT2D eigenvalue weighted by Crippen LogP contribution is -1.99. The predicted molar refractivity (Wildman–Crippen MR) is 58.6 cm³/mol. The fourth-order valence-corrected chi connectivity index (χ4v) is 1.69. The summed E-state index contributed by atoms with van der Waals surface area (Å²) in [7, 11) is 2.02. The van der Waals surface area contributed by atoms with Crippen LogP contribution in [-0.4, -0.2) is 15.0 Å². The van der Waals surface area contributed by atoms with Crippen molar-refractivity contribution in [1.82, 2.24) is 0 Å².